The van der Waals surface area contributed by atoms with Gasteiger partial charge in [0.05, 0.1) is 0 Å². The molecular formula is C10H15NO. The van der Waals surface area contributed by atoms with Crippen LogP contribution in [0.5, 0.6) is 0 Å². The average Bonchev–Trinajstić information content (AvgIpc) is 2.44. The van der Waals surface area contributed by atoms with Crippen molar-refractivity contribution in [2.75, 3.05) is 7.05 Å². The summed E-state index contributed by atoms with van der Waals surface area (Å²) in [6.45, 7) is 2.02. The first kappa shape index (κ1) is 7.87. The van der Waals surface area contributed by atoms with Gasteiger partial charge in [-0.2, -0.15) is 0 Å². The topological polar surface area (TPSA) is 25.2 Å². The van der Waals surface area contributed by atoms with Crippen LogP contribution in [0.15, 0.2) is 10.5 Å². The highest BCUT2D eigenvalue weighted by Gasteiger charge is 2.21. The second-order valence-electron chi connectivity index (χ2n) is 3.47. The fraction of sp³-hybridized carbons (Fsp3) is 0.600. The summed E-state index contributed by atoms with van der Waals surface area (Å²) in [5, 5.41) is 3.31. The van der Waals surface area contributed by atoms with Crippen molar-refractivity contribution in [2.45, 2.75) is 32.2 Å². The fourth-order valence-corrected chi connectivity index (χ4v) is 1.99. The molecule has 0 fully saturated rings. The number of hydrogen-bond donors (Lipinski definition) is 1. The molecular weight excluding hydrogens is 150 g/mol. The van der Waals surface area contributed by atoms with E-state index in [9.17, 15) is 0 Å². The van der Waals surface area contributed by atoms with Gasteiger partial charge in [0.2, 0.25) is 0 Å². The lowest BCUT2D eigenvalue weighted by Gasteiger charge is -2.20. The van der Waals surface area contributed by atoms with Crippen LogP contribution in [0, 0.1) is 6.92 Å². The van der Waals surface area contributed by atoms with Crippen LogP contribution >= 0.6 is 0 Å². The number of aryl methyl sites for hydroxylation is 2. The van der Waals surface area contributed by atoms with E-state index < -0.39 is 0 Å². The predicted octanol–water partition coefficient (Wildman–Crippen LogP) is 2.18. The van der Waals surface area contributed by atoms with E-state index >= 15 is 0 Å². The van der Waals surface area contributed by atoms with Crippen molar-refractivity contribution >= 4 is 0 Å². The van der Waals surface area contributed by atoms with Crippen molar-refractivity contribution in [3.05, 3.63) is 23.2 Å². The van der Waals surface area contributed by atoms with E-state index in [2.05, 4.69) is 11.4 Å². The third-order valence-electron chi connectivity index (χ3n) is 2.59. The lowest BCUT2D eigenvalue weighted by molar-refractivity contribution is 0.418. The summed E-state index contributed by atoms with van der Waals surface area (Å²) >= 11 is 0. The maximum atomic E-state index is 5.60. The molecule has 0 amide bonds. The first-order chi connectivity index (χ1) is 5.81. The second-order valence-corrected chi connectivity index (χ2v) is 3.47. The second kappa shape index (κ2) is 2.94. The monoisotopic (exact) mass is 165 g/mol. The Labute approximate surface area is 73.0 Å². The third-order valence-corrected chi connectivity index (χ3v) is 2.59. The number of nitrogens with one attached hydrogen (secondary N) is 1. The Morgan fingerprint density at radius 3 is 3.17 bits per heavy atom. The minimum absolute atomic E-state index is 0.520. The molecule has 0 saturated carbocycles. The SMILES string of the molecule is CNC1CCCc2oc(C)cc21. The molecule has 1 N–H and O–H groups in total. The van der Waals surface area contributed by atoms with Gasteiger partial charge in [-0.25, -0.2) is 0 Å². The summed E-state index contributed by atoms with van der Waals surface area (Å²) in [6.07, 6.45) is 3.59. The van der Waals surface area contributed by atoms with Gasteiger partial charge in [-0.05, 0) is 32.9 Å². The highest BCUT2D eigenvalue weighted by molar-refractivity contribution is 5.27. The lowest BCUT2D eigenvalue weighted by Crippen LogP contribution is -2.20. The molecule has 2 heteroatoms. The summed E-state index contributed by atoms with van der Waals surface area (Å²) in [5.41, 5.74) is 1.38. The minimum Gasteiger partial charge on any atom is -0.466 e. The maximum Gasteiger partial charge on any atom is 0.108 e. The Hall–Kier alpha value is -0.760. The van der Waals surface area contributed by atoms with Gasteiger partial charge in [-0.3, -0.25) is 0 Å². The molecule has 2 nitrogen and oxygen atoms in total. The van der Waals surface area contributed by atoms with Gasteiger partial charge in [0.15, 0.2) is 0 Å². The van der Waals surface area contributed by atoms with Crippen molar-refractivity contribution < 1.29 is 4.42 Å². The van der Waals surface area contributed by atoms with E-state index in [1.165, 1.54) is 24.2 Å². The van der Waals surface area contributed by atoms with Crippen molar-refractivity contribution in [1.82, 2.24) is 5.32 Å². The Morgan fingerprint density at radius 1 is 1.58 bits per heavy atom. The minimum atomic E-state index is 0.520. The van der Waals surface area contributed by atoms with Crippen molar-refractivity contribution in [3.63, 3.8) is 0 Å². The molecule has 0 bridgehead atoms. The van der Waals surface area contributed by atoms with E-state index in [0.717, 1.165) is 12.2 Å². The third kappa shape index (κ3) is 1.16. The number of furan rings is 1. The average molecular weight is 165 g/mol. The fourth-order valence-electron chi connectivity index (χ4n) is 1.99. The highest BCUT2D eigenvalue weighted by atomic mass is 16.3. The molecule has 66 valence electrons. The largest absolute Gasteiger partial charge is 0.466 e. The van der Waals surface area contributed by atoms with Gasteiger partial charge in [0.25, 0.3) is 0 Å². The number of hydrogen-bond acceptors (Lipinski definition) is 2. The summed E-state index contributed by atoms with van der Waals surface area (Å²) in [5.74, 6) is 2.24. The molecule has 1 atom stereocenters. The molecule has 0 aliphatic heterocycles. The Kier molecular flexibility index (Phi) is 1.93. The standard InChI is InChI=1S/C10H15NO/c1-7-6-8-9(11-2)4-3-5-10(8)12-7/h6,9,11H,3-5H2,1-2H3. The summed E-state index contributed by atoms with van der Waals surface area (Å²) < 4.78 is 5.60. The van der Waals surface area contributed by atoms with E-state index in [4.69, 9.17) is 4.42 Å². The molecule has 0 saturated heterocycles. The smallest absolute Gasteiger partial charge is 0.108 e. The van der Waals surface area contributed by atoms with Gasteiger partial charge < -0.3 is 9.73 Å². The molecule has 0 radical (unpaired) electrons. The van der Waals surface area contributed by atoms with Crippen LogP contribution in [-0.2, 0) is 6.42 Å². The first-order valence-corrected chi connectivity index (χ1v) is 4.57. The van der Waals surface area contributed by atoms with E-state index in [1.807, 2.05) is 14.0 Å². The molecule has 12 heavy (non-hydrogen) atoms. The lowest BCUT2D eigenvalue weighted by atomic mass is 9.93. The number of fused-ring (bicyclic) bond motifs is 1. The van der Waals surface area contributed by atoms with Crippen LogP contribution in [0.3, 0.4) is 0 Å². The van der Waals surface area contributed by atoms with Crippen LogP contribution in [0.2, 0.25) is 0 Å². The van der Waals surface area contributed by atoms with Crippen LogP contribution in [0.1, 0.15) is 36.0 Å². The zero-order chi connectivity index (χ0) is 8.55. The summed E-state index contributed by atoms with van der Waals surface area (Å²) in [7, 11) is 2.02. The molecule has 0 spiro atoms. The van der Waals surface area contributed by atoms with E-state index in [1.54, 1.807) is 0 Å². The molecule has 1 aliphatic carbocycles. The van der Waals surface area contributed by atoms with Crippen molar-refractivity contribution in [1.29, 1.82) is 0 Å². The molecule has 1 unspecified atom stereocenters. The highest BCUT2D eigenvalue weighted by Crippen LogP contribution is 2.31. The maximum absolute atomic E-state index is 5.60. The van der Waals surface area contributed by atoms with Crippen LogP contribution < -0.4 is 5.32 Å². The molecule has 1 heterocycles. The molecule has 1 aromatic heterocycles. The Balaban J connectivity index is 2.36. The van der Waals surface area contributed by atoms with Crippen molar-refractivity contribution in [3.8, 4) is 0 Å². The van der Waals surface area contributed by atoms with E-state index in [0.29, 0.717) is 6.04 Å². The van der Waals surface area contributed by atoms with Gasteiger partial charge in [-0.15, -0.1) is 0 Å². The first-order valence-electron chi connectivity index (χ1n) is 4.57. The molecule has 2 rings (SSSR count). The zero-order valence-electron chi connectivity index (χ0n) is 7.68. The number of rotatable bonds is 1. The predicted molar refractivity (Wildman–Crippen MR) is 48.2 cm³/mol. The zero-order valence-corrected chi connectivity index (χ0v) is 7.68. The van der Waals surface area contributed by atoms with Crippen LogP contribution in [0.4, 0.5) is 0 Å². The summed E-state index contributed by atoms with van der Waals surface area (Å²) in [6, 6.07) is 2.68. The Bertz CT molecular complexity index is 277. The summed E-state index contributed by atoms with van der Waals surface area (Å²) in [4.78, 5) is 0. The van der Waals surface area contributed by atoms with Gasteiger partial charge in [0.1, 0.15) is 11.5 Å². The van der Waals surface area contributed by atoms with Gasteiger partial charge >= 0.3 is 0 Å². The molecule has 1 aliphatic rings. The molecule has 0 aromatic carbocycles. The van der Waals surface area contributed by atoms with Gasteiger partial charge in [0, 0.05) is 18.0 Å². The van der Waals surface area contributed by atoms with Gasteiger partial charge in [-0.1, -0.05) is 0 Å². The Morgan fingerprint density at radius 2 is 2.42 bits per heavy atom. The van der Waals surface area contributed by atoms with Crippen LogP contribution in [-0.4, -0.2) is 7.05 Å². The van der Waals surface area contributed by atoms with Crippen molar-refractivity contribution in [2.24, 2.45) is 0 Å². The van der Waals surface area contributed by atoms with Crippen LogP contribution in [0.25, 0.3) is 0 Å². The van der Waals surface area contributed by atoms with E-state index in [-0.39, 0.29) is 0 Å². The normalized spacial score (nSPS) is 22.3. The quantitative estimate of drug-likeness (QED) is 0.690. The molecule has 1 aromatic rings.